The number of hydrogen-bond acceptors (Lipinski definition) is 3. The standard InChI is InChI=1S/C12H12BrClN4/c13-11-4-3-10(5-12(11)14)18-7-9(16-17-18)6-15-8-1-2-8/h3-5,7-8,15H,1-2,6H2. The van der Waals surface area contributed by atoms with Crippen LogP contribution in [0, 0.1) is 0 Å². The third-order valence-corrected chi connectivity index (χ3v) is 4.09. The van der Waals surface area contributed by atoms with Crippen LogP contribution in [0.4, 0.5) is 0 Å². The summed E-state index contributed by atoms with van der Waals surface area (Å²) in [5, 5.41) is 12.3. The van der Waals surface area contributed by atoms with Crippen molar-refractivity contribution in [3.05, 3.63) is 39.6 Å². The summed E-state index contributed by atoms with van der Waals surface area (Å²) in [5.74, 6) is 0. The van der Waals surface area contributed by atoms with E-state index >= 15 is 0 Å². The van der Waals surface area contributed by atoms with Gasteiger partial charge < -0.3 is 5.32 Å². The molecule has 1 heterocycles. The lowest BCUT2D eigenvalue weighted by Crippen LogP contribution is -2.15. The van der Waals surface area contributed by atoms with E-state index in [0.717, 1.165) is 22.4 Å². The number of hydrogen-bond donors (Lipinski definition) is 1. The van der Waals surface area contributed by atoms with E-state index < -0.39 is 0 Å². The van der Waals surface area contributed by atoms with Crippen LogP contribution in [0.1, 0.15) is 18.5 Å². The maximum atomic E-state index is 6.06. The molecule has 0 bridgehead atoms. The van der Waals surface area contributed by atoms with Gasteiger partial charge in [0.15, 0.2) is 0 Å². The second-order valence-corrected chi connectivity index (χ2v) is 5.67. The fourth-order valence-corrected chi connectivity index (χ4v) is 2.09. The second-order valence-electron chi connectivity index (χ2n) is 4.41. The molecule has 0 amide bonds. The van der Waals surface area contributed by atoms with Crippen molar-refractivity contribution in [3.8, 4) is 5.69 Å². The number of aromatic nitrogens is 3. The fraction of sp³-hybridized carbons (Fsp3) is 0.333. The Bertz CT molecular complexity index is 565. The Morgan fingerprint density at radius 1 is 1.44 bits per heavy atom. The van der Waals surface area contributed by atoms with Gasteiger partial charge in [0.2, 0.25) is 0 Å². The zero-order valence-electron chi connectivity index (χ0n) is 9.61. The van der Waals surface area contributed by atoms with E-state index in [9.17, 15) is 0 Å². The Kier molecular flexibility index (Phi) is 3.37. The molecule has 2 aromatic rings. The topological polar surface area (TPSA) is 42.7 Å². The first-order valence-corrected chi connectivity index (χ1v) is 6.99. The number of nitrogens with one attached hydrogen (secondary N) is 1. The van der Waals surface area contributed by atoms with Gasteiger partial charge in [0, 0.05) is 17.1 Å². The van der Waals surface area contributed by atoms with E-state index in [0.29, 0.717) is 11.1 Å². The molecule has 1 aliphatic rings. The quantitative estimate of drug-likeness (QED) is 0.939. The van der Waals surface area contributed by atoms with Crippen molar-refractivity contribution in [2.75, 3.05) is 0 Å². The third kappa shape index (κ3) is 2.74. The Hall–Kier alpha value is -0.910. The molecule has 94 valence electrons. The van der Waals surface area contributed by atoms with Crippen LogP contribution in [0.15, 0.2) is 28.9 Å². The van der Waals surface area contributed by atoms with Crippen LogP contribution >= 0.6 is 27.5 Å². The van der Waals surface area contributed by atoms with Gasteiger partial charge in [0.05, 0.1) is 22.6 Å². The summed E-state index contributed by atoms with van der Waals surface area (Å²) in [6.07, 6.45) is 4.47. The van der Waals surface area contributed by atoms with Crippen LogP contribution in [0.5, 0.6) is 0 Å². The minimum Gasteiger partial charge on any atom is -0.308 e. The predicted octanol–water partition coefficient (Wildman–Crippen LogP) is 2.94. The Morgan fingerprint density at radius 2 is 2.28 bits per heavy atom. The summed E-state index contributed by atoms with van der Waals surface area (Å²) in [6, 6.07) is 6.39. The van der Waals surface area contributed by atoms with Crippen molar-refractivity contribution in [2.24, 2.45) is 0 Å². The molecule has 1 aromatic carbocycles. The second kappa shape index (κ2) is 4.99. The van der Waals surface area contributed by atoms with E-state index in [1.54, 1.807) is 4.68 Å². The highest BCUT2D eigenvalue weighted by molar-refractivity contribution is 9.10. The van der Waals surface area contributed by atoms with Crippen molar-refractivity contribution in [1.29, 1.82) is 0 Å². The highest BCUT2D eigenvalue weighted by atomic mass is 79.9. The van der Waals surface area contributed by atoms with E-state index in [2.05, 4.69) is 31.6 Å². The number of rotatable bonds is 4. The zero-order valence-corrected chi connectivity index (χ0v) is 11.9. The zero-order chi connectivity index (χ0) is 12.5. The molecular formula is C12H12BrClN4. The number of halogens is 2. The van der Waals surface area contributed by atoms with E-state index in [4.69, 9.17) is 11.6 Å². The normalized spacial score (nSPS) is 15.0. The third-order valence-electron chi connectivity index (χ3n) is 2.86. The SMILES string of the molecule is Clc1cc(-n2cc(CNC3CC3)nn2)ccc1Br. The van der Waals surface area contributed by atoms with Gasteiger partial charge in [-0.05, 0) is 47.0 Å². The molecular weight excluding hydrogens is 316 g/mol. The maximum Gasteiger partial charge on any atom is 0.0969 e. The van der Waals surface area contributed by atoms with Crippen molar-refractivity contribution in [3.63, 3.8) is 0 Å². The van der Waals surface area contributed by atoms with Crippen LogP contribution in [0.25, 0.3) is 5.69 Å². The number of benzene rings is 1. The van der Waals surface area contributed by atoms with Crippen molar-refractivity contribution in [2.45, 2.75) is 25.4 Å². The van der Waals surface area contributed by atoms with Crippen molar-refractivity contribution in [1.82, 2.24) is 20.3 Å². The molecule has 4 nitrogen and oxygen atoms in total. The van der Waals surface area contributed by atoms with Crippen molar-refractivity contribution < 1.29 is 0 Å². The molecule has 1 aliphatic carbocycles. The van der Waals surface area contributed by atoms with Crippen LogP contribution in [0.3, 0.4) is 0 Å². The van der Waals surface area contributed by atoms with Gasteiger partial charge in [-0.3, -0.25) is 0 Å². The maximum absolute atomic E-state index is 6.06. The highest BCUT2D eigenvalue weighted by Crippen LogP contribution is 2.24. The van der Waals surface area contributed by atoms with Gasteiger partial charge in [-0.2, -0.15) is 0 Å². The average Bonchev–Trinajstić information content (AvgIpc) is 3.08. The van der Waals surface area contributed by atoms with Gasteiger partial charge in [-0.15, -0.1) is 5.10 Å². The van der Waals surface area contributed by atoms with Gasteiger partial charge in [0.1, 0.15) is 0 Å². The molecule has 0 radical (unpaired) electrons. The average molecular weight is 328 g/mol. The summed E-state index contributed by atoms with van der Waals surface area (Å²) < 4.78 is 2.62. The first-order chi connectivity index (χ1) is 8.72. The lowest BCUT2D eigenvalue weighted by atomic mass is 10.3. The molecule has 0 aliphatic heterocycles. The van der Waals surface area contributed by atoms with Crippen LogP contribution < -0.4 is 5.32 Å². The molecule has 18 heavy (non-hydrogen) atoms. The first-order valence-electron chi connectivity index (χ1n) is 5.82. The molecule has 6 heteroatoms. The summed E-state index contributed by atoms with van der Waals surface area (Å²) >= 11 is 9.43. The Morgan fingerprint density at radius 3 is 3.00 bits per heavy atom. The summed E-state index contributed by atoms with van der Waals surface area (Å²) in [5.41, 5.74) is 1.86. The molecule has 0 saturated heterocycles. The smallest absolute Gasteiger partial charge is 0.0969 e. The minimum absolute atomic E-state index is 0.667. The fourth-order valence-electron chi connectivity index (χ4n) is 1.67. The van der Waals surface area contributed by atoms with Gasteiger partial charge in [-0.1, -0.05) is 16.8 Å². The molecule has 1 N–H and O–H groups in total. The van der Waals surface area contributed by atoms with Gasteiger partial charge in [0.25, 0.3) is 0 Å². The molecule has 1 aromatic heterocycles. The summed E-state index contributed by atoms with van der Waals surface area (Å²) in [4.78, 5) is 0. The largest absolute Gasteiger partial charge is 0.308 e. The number of nitrogens with zero attached hydrogens (tertiary/aromatic N) is 3. The predicted molar refractivity (Wildman–Crippen MR) is 73.9 cm³/mol. The minimum atomic E-state index is 0.667. The van der Waals surface area contributed by atoms with Crippen LogP contribution in [0.2, 0.25) is 5.02 Å². The lowest BCUT2D eigenvalue weighted by molar-refractivity contribution is 0.671. The van der Waals surface area contributed by atoms with E-state index in [-0.39, 0.29) is 0 Å². The highest BCUT2D eigenvalue weighted by Gasteiger charge is 2.20. The van der Waals surface area contributed by atoms with Crippen LogP contribution in [-0.4, -0.2) is 21.0 Å². The van der Waals surface area contributed by atoms with Gasteiger partial charge >= 0.3 is 0 Å². The molecule has 3 rings (SSSR count). The summed E-state index contributed by atoms with van der Waals surface area (Å²) in [7, 11) is 0. The molecule has 0 unspecified atom stereocenters. The molecule has 1 fully saturated rings. The van der Waals surface area contributed by atoms with Gasteiger partial charge in [-0.25, -0.2) is 4.68 Å². The lowest BCUT2D eigenvalue weighted by Gasteiger charge is -2.01. The molecule has 0 atom stereocenters. The monoisotopic (exact) mass is 326 g/mol. The Labute approximate surface area is 118 Å². The first kappa shape index (κ1) is 12.1. The van der Waals surface area contributed by atoms with E-state index in [1.165, 1.54) is 12.8 Å². The van der Waals surface area contributed by atoms with Crippen LogP contribution in [-0.2, 0) is 6.54 Å². The molecule has 1 saturated carbocycles. The Balaban J connectivity index is 1.76. The van der Waals surface area contributed by atoms with Crippen molar-refractivity contribution >= 4 is 27.5 Å². The van der Waals surface area contributed by atoms with E-state index in [1.807, 2.05) is 24.4 Å². The summed E-state index contributed by atoms with van der Waals surface area (Å²) in [6.45, 7) is 0.773. The molecule has 0 spiro atoms.